The highest BCUT2D eigenvalue weighted by molar-refractivity contribution is 5.76. The highest BCUT2D eigenvalue weighted by Gasteiger charge is 2.60. The van der Waals surface area contributed by atoms with Gasteiger partial charge in [0.1, 0.15) is 0 Å². The van der Waals surface area contributed by atoms with E-state index in [1.807, 2.05) is 27.7 Å². The van der Waals surface area contributed by atoms with Crippen LogP contribution >= 0.6 is 0 Å². The van der Waals surface area contributed by atoms with Crippen molar-refractivity contribution in [3.63, 3.8) is 0 Å². The number of allylic oxidation sites excluding steroid dienone is 2. The molecule has 0 heterocycles. The maximum absolute atomic E-state index is 12.4. The molecule has 0 saturated heterocycles. The fourth-order valence-corrected chi connectivity index (χ4v) is 2.84. The summed E-state index contributed by atoms with van der Waals surface area (Å²) >= 11 is 0. The van der Waals surface area contributed by atoms with Crippen LogP contribution in [-0.4, -0.2) is 11.1 Å². The summed E-state index contributed by atoms with van der Waals surface area (Å²) in [6, 6.07) is 0.679. The number of carboxylic acid groups (broad SMARTS) is 1. The number of carbonyl (C=O) groups is 1. The Bertz CT molecular complexity index is 690. The second-order valence-corrected chi connectivity index (χ2v) is 6.76. The third kappa shape index (κ3) is 3.12. The SMILES string of the molecule is CC(C)=CC1C(C(=O)O)C1(C)C.Fc1cc2c(c(F)c1F)C2F. The molecule has 0 spiro atoms. The van der Waals surface area contributed by atoms with Gasteiger partial charge in [-0.3, -0.25) is 4.79 Å². The van der Waals surface area contributed by atoms with Crippen LogP contribution in [0.4, 0.5) is 17.6 Å². The minimum absolute atomic E-state index is 0.0386. The quantitative estimate of drug-likeness (QED) is 0.481. The summed E-state index contributed by atoms with van der Waals surface area (Å²) in [5.74, 6) is -4.92. The second-order valence-electron chi connectivity index (χ2n) is 6.76. The maximum Gasteiger partial charge on any atom is 0.307 e. The first kappa shape index (κ1) is 17.5. The van der Waals surface area contributed by atoms with Crippen molar-refractivity contribution in [2.45, 2.75) is 33.9 Å². The van der Waals surface area contributed by atoms with Crippen LogP contribution in [0.1, 0.15) is 45.0 Å². The van der Waals surface area contributed by atoms with Gasteiger partial charge < -0.3 is 5.11 Å². The van der Waals surface area contributed by atoms with Gasteiger partial charge in [-0.2, -0.15) is 0 Å². The molecule has 1 saturated carbocycles. The second kappa shape index (κ2) is 5.65. The van der Waals surface area contributed by atoms with Gasteiger partial charge >= 0.3 is 5.97 Å². The molecule has 1 aromatic carbocycles. The first-order chi connectivity index (χ1) is 10.5. The molecule has 0 bridgehead atoms. The number of hydrogen-bond donors (Lipinski definition) is 1. The molecule has 0 aliphatic heterocycles. The first-order valence-electron chi connectivity index (χ1n) is 7.19. The lowest BCUT2D eigenvalue weighted by Gasteiger charge is -1.96. The molecule has 1 N–H and O–H groups in total. The van der Waals surface area contributed by atoms with Crippen molar-refractivity contribution in [3.8, 4) is 0 Å². The van der Waals surface area contributed by atoms with Crippen molar-refractivity contribution in [1.82, 2.24) is 0 Å². The summed E-state index contributed by atoms with van der Waals surface area (Å²) in [5.41, 5.74) is 0.741. The molecule has 3 atom stereocenters. The molecular weight excluding hydrogens is 312 g/mol. The summed E-state index contributed by atoms with van der Waals surface area (Å²) < 4.78 is 49.3. The zero-order valence-corrected chi connectivity index (χ0v) is 13.3. The minimum atomic E-state index is -1.60. The van der Waals surface area contributed by atoms with Gasteiger partial charge in [0, 0.05) is 11.1 Å². The molecule has 6 heteroatoms. The van der Waals surface area contributed by atoms with E-state index in [9.17, 15) is 22.4 Å². The number of hydrogen-bond acceptors (Lipinski definition) is 1. The Morgan fingerprint density at radius 2 is 1.78 bits per heavy atom. The predicted molar refractivity (Wildman–Crippen MR) is 77.1 cm³/mol. The standard InChI is InChI=1S/C10H16O2.C7H2F4/c1-6(2)5-7-8(9(11)12)10(7,3)4;8-3-1-2-4(5(2)9)7(11)6(3)10/h5,7-8H,1-4H3,(H,11,12);1,5H. The topological polar surface area (TPSA) is 37.3 Å². The van der Waals surface area contributed by atoms with E-state index in [4.69, 9.17) is 5.11 Å². The molecule has 3 unspecified atom stereocenters. The molecule has 2 nitrogen and oxygen atoms in total. The predicted octanol–water partition coefficient (Wildman–Crippen LogP) is 4.79. The highest BCUT2D eigenvalue weighted by atomic mass is 19.2. The minimum Gasteiger partial charge on any atom is -0.481 e. The summed E-state index contributed by atoms with van der Waals surface area (Å²) in [7, 11) is 0. The van der Waals surface area contributed by atoms with Gasteiger partial charge in [0.2, 0.25) is 0 Å². The number of aliphatic carboxylic acids is 1. The van der Waals surface area contributed by atoms with Gasteiger partial charge in [-0.05, 0) is 31.2 Å². The molecule has 1 aromatic rings. The van der Waals surface area contributed by atoms with Crippen molar-refractivity contribution in [2.75, 3.05) is 0 Å². The number of halogens is 4. The average Bonchev–Trinajstić information content (AvgIpc) is 3.21. The highest BCUT2D eigenvalue weighted by Crippen LogP contribution is 2.59. The molecular formula is C17H18F4O2. The van der Waals surface area contributed by atoms with Crippen molar-refractivity contribution >= 4 is 5.97 Å². The lowest BCUT2D eigenvalue weighted by molar-refractivity contribution is -0.139. The van der Waals surface area contributed by atoms with Crippen LogP contribution in [0.5, 0.6) is 0 Å². The Morgan fingerprint density at radius 1 is 1.22 bits per heavy atom. The van der Waals surface area contributed by atoms with Crippen LogP contribution in [0.15, 0.2) is 17.7 Å². The molecule has 126 valence electrons. The maximum atomic E-state index is 12.4. The normalized spacial score (nSPS) is 25.7. The van der Waals surface area contributed by atoms with E-state index in [1.54, 1.807) is 0 Å². The van der Waals surface area contributed by atoms with Gasteiger partial charge in [-0.15, -0.1) is 0 Å². The van der Waals surface area contributed by atoms with E-state index in [0.717, 1.165) is 0 Å². The Balaban J connectivity index is 0.000000167. The van der Waals surface area contributed by atoms with E-state index in [2.05, 4.69) is 6.08 Å². The molecule has 2 aliphatic carbocycles. The number of carboxylic acids is 1. The number of benzene rings is 1. The van der Waals surface area contributed by atoms with Gasteiger partial charge in [0.25, 0.3) is 0 Å². The van der Waals surface area contributed by atoms with Crippen LogP contribution in [0, 0.1) is 34.7 Å². The fourth-order valence-electron chi connectivity index (χ4n) is 2.84. The van der Waals surface area contributed by atoms with E-state index >= 15 is 0 Å². The lowest BCUT2D eigenvalue weighted by atomic mass is 10.1. The van der Waals surface area contributed by atoms with E-state index in [-0.39, 0.29) is 28.4 Å². The zero-order valence-electron chi connectivity index (χ0n) is 13.3. The summed E-state index contributed by atoms with van der Waals surface area (Å²) in [6.07, 6.45) is 0.465. The Hall–Kier alpha value is -1.85. The van der Waals surface area contributed by atoms with Crippen LogP contribution < -0.4 is 0 Å². The van der Waals surface area contributed by atoms with Gasteiger partial charge in [-0.1, -0.05) is 25.5 Å². The molecule has 0 amide bonds. The summed E-state index contributed by atoms with van der Waals surface area (Å²) in [4.78, 5) is 10.7. The Morgan fingerprint density at radius 3 is 2.22 bits per heavy atom. The number of alkyl halides is 1. The van der Waals surface area contributed by atoms with E-state index in [0.29, 0.717) is 6.07 Å². The molecule has 3 rings (SSSR count). The number of fused-ring (bicyclic) bond motifs is 1. The molecule has 0 aromatic heterocycles. The first-order valence-corrected chi connectivity index (χ1v) is 7.19. The van der Waals surface area contributed by atoms with E-state index in [1.165, 1.54) is 5.57 Å². The average molecular weight is 330 g/mol. The third-order valence-electron chi connectivity index (χ3n) is 4.36. The van der Waals surface area contributed by atoms with Crippen molar-refractivity contribution in [1.29, 1.82) is 0 Å². The smallest absolute Gasteiger partial charge is 0.307 e. The van der Waals surface area contributed by atoms with Crippen molar-refractivity contribution < 1.29 is 27.5 Å². The van der Waals surface area contributed by atoms with Crippen LogP contribution in [0.3, 0.4) is 0 Å². The third-order valence-corrected chi connectivity index (χ3v) is 4.36. The molecule has 23 heavy (non-hydrogen) atoms. The van der Waals surface area contributed by atoms with Gasteiger partial charge in [0.05, 0.1) is 5.92 Å². The van der Waals surface area contributed by atoms with Gasteiger partial charge in [0.15, 0.2) is 23.6 Å². The van der Waals surface area contributed by atoms with Crippen LogP contribution in [-0.2, 0) is 4.79 Å². The fraction of sp³-hybridized carbons (Fsp3) is 0.471. The van der Waals surface area contributed by atoms with Crippen molar-refractivity contribution in [3.05, 3.63) is 46.3 Å². The molecule has 0 radical (unpaired) electrons. The Kier molecular flexibility index (Phi) is 4.30. The monoisotopic (exact) mass is 330 g/mol. The van der Waals surface area contributed by atoms with Gasteiger partial charge in [-0.25, -0.2) is 17.6 Å². The number of rotatable bonds is 2. The summed E-state index contributed by atoms with van der Waals surface area (Å²) in [6.45, 7) is 8.03. The van der Waals surface area contributed by atoms with Crippen LogP contribution in [0.2, 0.25) is 0 Å². The summed E-state index contributed by atoms with van der Waals surface area (Å²) in [5, 5.41) is 8.84. The largest absolute Gasteiger partial charge is 0.481 e. The van der Waals surface area contributed by atoms with Crippen molar-refractivity contribution in [2.24, 2.45) is 17.3 Å². The molecule has 1 fully saturated rings. The zero-order chi connectivity index (χ0) is 17.7. The molecule has 2 aliphatic rings. The van der Waals surface area contributed by atoms with Crippen LogP contribution in [0.25, 0.3) is 0 Å². The Labute approximate surface area is 131 Å². The lowest BCUT2D eigenvalue weighted by Crippen LogP contribution is -2.02. The van der Waals surface area contributed by atoms with E-state index < -0.39 is 29.6 Å².